The highest BCUT2D eigenvalue weighted by Crippen LogP contribution is 2.57. The largest absolute Gasteiger partial charge is 0.393 e. The number of imide groups is 1. The van der Waals surface area contributed by atoms with Gasteiger partial charge in [0.15, 0.2) is 0 Å². The van der Waals surface area contributed by atoms with Crippen LogP contribution in [0.1, 0.15) is 6.92 Å². The molecule has 22 heavy (non-hydrogen) atoms. The zero-order valence-corrected chi connectivity index (χ0v) is 13.4. The van der Waals surface area contributed by atoms with E-state index in [4.69, 9.17) is 4.74 Å². The van der Waals surface area contributed by atoms with E-state index in [1.165, 1.54) is 4.90 Å². The van der Waals surface area contributed by atoms with E-state index in [0.717, 1.165) is 4.47 Å². The number of amides is 2. The van der Waals surface area contributed by atoms with Crippen LogP contribution in [0.25, 0.3) is 0 Å². The average Bonchev–Trinajstić information content (AvgIpc) is 3.05. The van der Waals surface area contributed by atoms with Crippen LogP contribution in [0.15, 0.2) is 40.9 Å². The third-order valence-corrected chi connectivity index (χ3v) is 5.36. The molecule has 2 saturated heterocycles. The number of carbonyl (C=O) groups excluding carboxylic acids is 2. The van der Waals surface area contributed by atoms with Gasteiger partial charge in [-0.15, -0.1) is 0 Å². The molecule has 3 aliphatic heterocycles. The third-order valence-electron chi connectivity index (χ3n) is 4.87. The second-order valence-electron chi connectivity index (χ2n) is 6.18. The number of ether oxygens (including phenoxy) is 1. The summed E-state index contributed by atoms with van der Waals surface area (Å²) in [6.45, 7) is 1.48. The SMILES string of the molecule is C[C@@]12C=C[C@](CO)(O1)[C@H]1C(=O)N(c3cccc(Br)c3)C(=O)[C@@H]12. The number of hydrogen-bond donors (Lipinski definition) is 1. The summed E-state index contributed by atoms with van der Waals surface area (Å²) in [6.07, 6.45) is 3.52. The molecule has 0 aromatic heterocycles. The second kappa shape index (κ2) is 4.28. The molecule has 1 aromatic rings. The standard InChI is InChI=1S/C16H14BrNO4/c1-15-5-6-16(8-19,22-15)12-11(15)13(20)18(14(12)21)10-4-2-3-9(17)7-10/h2-7,11-12,19H,8H2,1H3/t11-,12-,15+,16-/m1/s1. The Morgan fingerprint density at radius 3 is 2.68 bits per heavy atom. The van der Waals surface area contributed by atoms with E-state index in [0.29, 0.717) is 5.69 Å². The van der Waals surface area contributed by atoms with Gasteiger partial charge in [-0.1, -0.05) is 34.1 Å². The normalized spacial score (nSPS) is 39.0. The van der Waals surface area contributed by atoms with E-state index in [9.17, 15) is 14.7 Å². The molecule has 4 atom stereocenters. The molecule has 0 aliphatic carbocycles. The topological polar surface area (TPSA) is 66.8 Å². The Bertz CT molecular complexity index is 733. The summed E-state index contributed by atoms with van der Waals surface area (Å²) >= 11 is 3.35. The van der Waals surface area contributed by atoms with Gasteiger partial charge in [0.05, 0.1) is 29.7 Å². The zero-order chi connectivity index (χ0) is 15.7. The molecule has 0 radical (unpaired) electrons. The van der Waals surface area contributed by atoms with Crippen molar-refractivity contribution in [3.05, 3.63) is 40.9 Å². The van der Waals surface area contributed by atoms with Crippen LogP contribution in [0.3, 0.4) is 0 Å². The quantitative estimate of drug-likeness (QED) is 0.640. The van der Waals surface area contributed by atoms with Gasteiger partial charge in [0, 0.05) is 4.47 Å². The van der Waals surface area contributed by atoms with Crippen molar-refractivity contribution in [1.82, 2.24) is 0 Å². The lowest BCUT2D eigenvalue weighted by atomic mass is 9.73. The first-order valence-corrected chi connectivity index (χ1v) is 7.86. The van der Waals surface area contributed by atoms with Gasteiger partial charge < -0.3 is 9.84 Å². The first-order chi connectivity index (χ1) is 10.4. The van der Waals surface area contributed by atoms with Crippen molar-refractivity contribution in [1.29, 1.82) is 0 Å². The highest BCUT2D eigenvalue weighted by molar-refractivity contribution is 9.10. The van der Waals surface area contributed by atoms with Crippen LogP contribution in [0.4, 0.5) is 5.69 Å². The molecule has 2 amide bonds. The summed E-state index contributed by atoms with van der Waals surface area (Å²) in [7, 11) is 0. The minimum Gasteiger partial charge on any atom is -0.393 e. The lowest BCUT2D eigenvalue weighted by Gasteiger charge is -2.27. The van der Waals surface area contributed by atoms with E-state index in [1.807, 2.05) is 6.07 Å². The van der Waals surface area contributed by atoms with Gasteiger partial charge in [0.1, 0.15) is 5.60 Å². The molecule has 4 rings (SSSR count). The molecular formula is C16H14BrNO4. The van der Waals surface area contributed by atoms with Crippen molar-refractivity contribution in [2.75, 3.05) is 11.5 Å². The van der Waals surface area contributed by atoms with Gasteiger partial charge >= 0.3 is 0 Å². The Kier molecular flexibility index (Phi) is 2.74. The number of aliphatic hydroxyl groups is 1. The molecule has 1 aromatic carbocycles. The summed E-state index contributed by atoms with van der Waals surface area (Å²) in [5.41, 5.74) is -1.37. The Hall–Kier alpha value is -1.50. The van der Waals surface area contributed by atoms with Crippen LogP contribution < -0.4 is 4.90 Å². The molecule has 3 heterocycles. The van der Waals surface area contributed by atoms with E-state index < -0.39 is 23.0 Å². The number of anilines is 1. The maximum absolute atomic E-state index is 12.9. The first kappa shape index (κ1) is 14.1. The Labute approximate surface area is 135 Å². The second-order valence-corrected chi connectivity index (χ2v) is 7.10. The van der Waals surface area contributed by atoms with E-state index in [2.05, 4.69) is 15.9 Å². The highest BCUT2D eigenvalue weighted by Gasteiger charge is 2.72. The number of fused-ring (bicyclic) bond motifs is 5. The maximum atomic E-state index is 12.9. The van der Waals surface area contributed by atoms with Gasteiger partial charge in [-0.2, -0.15) is 0 Å². The maximum Gasteiger partial charge on any atom is 0.241 e. The summed E-state index contributed by atoms with van der Waals surface area (Å²) in [6, 6.07) is 7.08. The Morgan fingerprint density at radius 2 is 2.00 bits per heavy atom. The minimum absolute atomic E-state index is 0.268. The van der Waals surface area contributed by atoms with Crippen molar-refractivity contribution in [3.8, 4) is 0 Å². The molecule has 2 fully saturated rings. The summed E-state index contributed by atoms with van der Waals surface area (Å²) in [5, 5.41) is 9.74. The van der Waals surface area contributed by atoms with Crippen molar-refractivity contribution in [2.45, 2.75) is 18.1 Å². The molecule has 1 N–H and O–H groups in total. The van der Waals surface area contributed by atoms with Crippen molar-refractivity contribution < 1.29 is 19.4 Å². The van der Waals surface area contributed by atoms with Crippen LogP contribution in [-0.4, -0.2) is 34.7 Å². The molecule has 0 saturated carbocycles. The van der Waals surface area contributed by atoms with Crippen LogP contribution >= 0.6 is 15.9 Å². The number of hydrogen-bond acceptors (Lipinski definition) is 4. The van der Waals surface area contributed by atoms with Crippen LogP contribution in [0.2, 0.25) is 0 Å². The average molecular weight is 364 g/mol. The molecule has 2 bridgehead atoms. The highest BCUT2D eigenvalue weighted by atomic mass is 79.9. The monoisotopic (exact) mass is 363 g/mol. The van der Waals surface area contributed by atoms with Crippen LogP contribution in [0, 0.1) is 11.8 Å². The van der Waals surface area contributed by atoms with Gasteiger partial charge in [-0.3, -0.25) is 9.59 Å². The van der Waals surface area contributed by atoms with E-state index in [1.54, 1.807) is 37.3 Å². The van der Waals surface area contributed by atoms with Gasteiger partial charge in [-0.05, 0) is 25.1 Å². The van der Waals surface area contributed by atoms with Gasteiger partial charge in [0.2, 0.25) is 11.8 Å². The molecule has 0 unspecified atom stereocenters. The van der Waals surface area contributed by atoms with Gasteiger partial charge in [-0.25, -0.2) is 4.90 Å². The molecule has 0 spiro atoms. The number of aliphatic hydroxyl groups excluding tert-OH is 1. The third kappa shape index (κ3) is 1.55. The van der Waals surface area contributed by atoms with Crippen molar-refractivity contribution >= 4 is 33.4 Å². The van der Waals surface area contributed by atoms with E-state index in [-0.39, 0.29) is 18.4 Å². The molecule has 6 heteroatoms. The number of rotatable bonds is 2. The fraction of sp³-hybridized carbons (Fsp3) is 0.375. The summed E-state index contributed by atoms with van der Waals surface area (Å²) < 4.78 is 6.67. The minimum atomic E-state index is -1.08. The first-order valence-electron chi connectivity index (χ1n) is 7.07. The summed E-state index contributed by atoms with van der Waals surface area (Å²) in [5.74, 6) is -1.83. The zero-order valence-electron chi connectivity index (χ0n) is 11.8. The smallest absolute Gasteiger partial charge is 0.241 e. The number of nitrogens with zero attached hydrogens (tertiary/aromatic N) is 1. The Balaban J connectivity index is 1.82. The Morgan fingerprint density at radius 1 is 1.27 bits per heavy atom. The fourth-order valence-corrected chi connectivity index (χ4v) is 4.30. The lowest BCUT2D eigenvalue weighted by Crippen LogP contribution is -2.43. The van der Waals surface area contributed by atoms with Crippen LogP contribution in [-0.2, 0) is 14.3 Å². The molecule has 3 aliphatic rings. The molecule has 5 nitrogen and oxygen atoms in total. The number of carbonyl (C=O) groups is 2. The van der Waals surface area contributed by atoms with Gasteiger partial charge in [0.25, 0.3) is 0 Å². The van der Waals surface area contributed by atoms with Crippen LogP contribution in [0.5, 0.6) is 0 Å². The van der Waals surface area contributed by atoms with E-state index >= 15 is 0 Å². The van der Waals surface area contributed by atoms with Crippen molar-refractivity contribution in [3.63, 3.8) is 0 Å². The lowest BCUT2D eigenvalue weighted by molar-refractivity contribution is -0.131. The molecular weight excluding hydrogens is 350 g/mol. The number of benzene rings is 1. The molecule has 114 valence electrons. The number of halogens is 1. The predicted octanol–water partition coefficient (Wildman–Crippen LogP) is 1.64. The fourth-order valence-electron chi connectivity index (χ4n) is 3.91. The predicted molar refractivity (Wildman–Crippen MR) is 82.1 cm³/mol. The summed E-state index contributed by atoms with van der Waals surface area (Å²) in [4.78, 5) is 26.9. The van der Waals surface area contributed by atoms with Crippen molar-refractivity contribution in [2.24, 2.45) is 11.8 Å².